The van der Waals surface area contributed by atoms with E-state index in [1.807, 2.05) is 12.1 Å². The summed E-state index contributed by atoms with van der Waals surface area (Å²) in [7, 11) is 0. The number of carboxylic acid groups (broad SMARTS) is 1. The Morgan fingerprint density at radius 2 is 2.20 bits per heavy atom. The first-order valence-electron chi connectivity index (χ1n) is 6.95. The van der Waals surface area contributed by atoms with E-state index in [1.54, 1.807) is 6.20 Å². The Balaban J connectivity index is 1.76. The van der Waals surface area contributed by atoms with Crippen molar-refractivity contribution in [2.75, 3.05) is 0 Å². The molecule has 2 aromatic rings. The summed E-state index contributed by atoms with van der Waals surface area (Å²) in [5, 5.41) is 9.04. The molecule has 2 fully saturated rings. The molecule has 1 aliphatic carbocycles. The molecular weight excluding hydrogens is 258 g/mol. The van der Waals surface area contributed by atoms with Crippen LogP contribution in [-0.4, -0.2) is 31.7 Å². The Hall–Kier alpha value is -1.95. The fourth-order valence-corrected chi connectivity index (χ4v) is 2.88. The van der Waals surface area contributed by atoms with Crippen molar-refractivity contribution in [3.05, 3.63) is 24.2 Å². The van der Waals surface area contributed by atoms with E-state index in [2.05, 4.69) is 14.5 Å². The highest BCUT2D eigenvalue weighted by Gasteiger charge is 2.37. The first-order chi connectivity index (χ1) is 9.74. The van der Waals surface area contributed by atoms with Crippen LogP contribution in [0.3, 0.4) is 0 Å². The molecule has 0 radical (unpaired) electrons. The van der Waals surface area contributed by atoms with Crippen LogP contribution in [0.25, 0.3) is 11.2 Å². The molecule has 1 saturated heterocycles. The SMILES string of the molecule is O=C(O)C1CCC(c2nc3cccnc3n2C2CC2)O1. The molecule has 3 heterocycles. The van der Waals surface area contributed by atoms with Gasteiger partial charge in [-0.2, -0.15) is 0 Å². The van der Waals surface area contributed by atoms with Gasteiger partial charge in [-0.15, -0.1) is 0 Å². The molecule has 1 N–H and O–H groups in total. The third kappa shape index (κ3) is 1.79. The van der Waals surface area contributed by atoms with Crippen LogP contribution in [0.5, 0.6) is 0 Å². The van der Waals surface area contributed by atoms with Gasteiger partial charge in [0.05, 0.1) is 0 Å². The van der Waals surface area contributed by atoms with E-state index in [1.165, 1.54) is 0 Å². The summed E-state index contributed by atoms with van der Waals surface area (Å²) < 4.78 is 7.79. The highest BCUT2D eigenvalue weighted by molar-refractivity contribution is 5.73. The van der Waals surface area contributed by atoms with E-state index in [4.69, 9.17) is 9.84 Å². The van der Waals surface area contributed by atoms with Gasteiger partial charge in [-0.1, -0.05) is 0 Å². The summed E-state index contributed by atoms with van der Waals surface area (Å²) in [6.07, 6.45) is 4.33. The molecule has 104 valence electrons. The molecule has 1 aliphatic heterocycles. The number of fused-ring (bicyclic) bond motifs is 1. The van der Waals surface area contributed by atoms with Gasteiger partial charge in [0.25, 0.3) is 0 Å². The maximum atomic E-state index is 11.0. The Kier molecular flexibility index (Phi) is 2.53. The monoisotopic (exact) mass is 273 g/mol. The molecule has 0 bridgehead atoms. The number of ether oxygens (including phenoxy) is 1. The lowest BCUT2D eigenvalue weighted by atomic mass is 10.2. The number of pyridine rings is 1. The van der Waals surface area contributed by atoms with Gasteiger partial charge >= 0.3 is 5.97 Å². The van der Waals surface area contributed by atoms with E-state index >= 15 is 0 Å². The predicted octanol–water partition coefficient (Wildman–Crippen LogP) is 2.07. The summed E-state index contributed by atoms with van der Waals surface area (Å²) in [6, 6.07) is 4.25. The van der Waals surface area contributed by atoms with E-state index < -0.39 is 12.1 Å². The number of rotatable bonds is 3. The molecule has 6 nitrogen and oxygen atoms in total. The van der Waals surface area contributed by atoms with E-state index in [-0.39, 0.29) is 6.10 Å². The van der Waals surface area contributed by atoms with Crippen LogP contribution in [0, 0.1) is 0 Å². The molecule has 4 rings (SSSR count). The predicted molar refractivity (Wildman–Crippen MR) is 70.3 cm³/mol. The molecule has 20 heavy (non-hydrogen) atoms. The second-order valence-electron chi connectivity index (χ2n) is 5.45. The number of carboxylic acids is 1. The molecular formula is C14H15N3O3. The molecule has 0 aromatic carbocycles. The molecule has 2 aromatic heterocycles. The van der Waals surface area contributed by atoms with Crippen molar-refractivity contribution in [3.8, 4) is 0 Å². The van der Waals surface area contributed by atoms with Crippen molar-refractivity contribution in [1.29, 1.82) is 0 Å². The lowest BCUT2D eigenvalue weighted by Gasteiger charge is -2.13. The van der Waals surface area contributed by atoms with Crippen molar-refractivity contribution in [3.63, 3.8) is 0 Å². The number of imidazole rings is 1. The van der Waals surface area contributed by atoms with Gasteiger partial charge in [-0.25, -0.2) is 14.8 Å². The molecule has 0 spiro atoms. The van der Waals surface area contributed by atoms with Gasteiger partial charge in [-0.3, -0.25) is 0 Å². The number of aromatic nitrogens is 3. The molecule has 6 heteroatoms. The van der Waals surface area contributed by atoms with E-state index in [9.17, 15) is 4.79 Å². The van der Waals surface area contributed by atoms with Crippen LogP contribution in [0.4, 0.5) is 0 Å². The second-order valence-corrected chi connectivity index (χ2v) is 5.45. The van der Waals surface area contributed by atoms with Gasteiger partial charge in [0, 0.05) is 12.2 Å². The summed E-state index contributed by atoms with van der Waals surface area (Å²) in [4.78, 5) is 20.1. The normalized spacial score (nSPS) is 26.2. The Morgan fingerprint density at radius 3 is 2.90 bits per heavy atom. The van der Waals surface area contributed by atoms with Crippen LogP contribution in [-0.2, 0) is 9.53 Å². The van der Waals surface area contributed by atoms with Gasteiger partial charge in [0.2, 0.25) is 0 Å². The van der Waals surface area contributed by atoms with Gasteiger partial charge < -0.3 is 14.4 Å². The first kappa shape index (κ1) is 11.8. The average molecular weight is 273 g/mol. The average Bonchev–Trinajstić information content (AvgIpc) is 3.04. The maximum absolute atomic E-state index is 11.0. The fourth-order valence-electron chi connectivity index (χ4n) is 2.88. The minimum atomic E-state index is -0.889. The van der Waals surface area contributed by atoms with Crippen LogP contribution in [0.15, 0.2) is 18.3 Å². The molecule has 2 unspecified atom stereocenters. The Bertz CT molecular complexity index is 677. The Morgan fingerprint density at radius 1 is 1.35 bits per heavy atom. The zero-order valence-electron chi connectivity index (χ0n) is 10.9. The van der Waals surface area contributed by atoms with Crippen molar-refractivity contribution < 1.29 is 14.6 Å². The van der Waals surface area contributed by atoms with Crippen LogP contribution in [0.2, 0.25) is 0 Å². The van der Waals surface area contributed by atoms with Crippen molar-refractivity contribution in [2.45, 2.75) is 43.9 Å². The highest BCUT2D eigenvalue weighted by Crippen LogP contribution is 2.42. The van der Waals surface area contributed by atoms with Crippen LogP contribution < -0.4 is 0 Å². The summed E-state index contributed by atoms with van der Waals surface area (Å²) in [6.45, 7) is 0. The van der Waals surface area contributed by atoms with Gasteiger partial charge in [0.1, 0.15) is 17.4 Å². The minimum Gasteiger partial charge on any atom is -0.479 e. The topological polar surface area (TPSA) is 77.2 Å². The van der Waals surface area contributed by atoms with Crippen molar-refractivity contribution >= 4 is 17.1 Å². The van der Waals surface area contributed by atoms with Crippen molar-refractivity contribution in [1.82, 2.24) is 14.5 Å². The number of nitrogens with zero attached hydrogens (tertiary/aromatic N) is 3. The number of hydrogen-bond donors (Lipinski definition) is 1. The quantitative estimate of drug-likeness (QED) is 0.926. The zero-order valence-corrected chi connectivity index (χ0v) is 10.9. The summed E-state index contributed by atoms with van der Waals surface area (Å²) >= 11 is 0. The van der Waals surface area contributed by atoms with Gasteiger partial charge in [-0.05, 0) is 37.8 Å². The first-order valence-corrected chi connectivity index (χ1v) is 6.95. The molecule has 2 atom stereocenters. The lowest BCUT2D eigenvalue weighted by Crippen LogP contribution is -2.19. The summed E-state index contributed by atoms with van der Waals surface area (Å²) in [5.41, 5.74) is 1.74. The van der Waals surface area contributed by atoms with E-state index in [0.29, 0.717) is 18.9 Å². The van der Waals surface area contributed by atoms with Crippen molar-refractivity contribution in [2.24, 2.45) is 0 Å². The zero-order chi connectivity index (χ0) is 13.7. The fraction of sp³-hybridized carbons (Fsp3) is 0.500. The standard InChI is InChI=1S/C14H15N3O3/c18-14(19)11-6-5-10(20-11)13-16-9-2-1-7-15-12(9)17(13)8-3-4-8/h1-2,7-8,10-11H,3-6H2,(H,18,19). The molecule has 0 amide bonds. The Labute approximate surface area is 115 Å². The molecule has 1 saturated carbocycles. The number of aliphatic carboxylic acids is 1. The third-order valence-corrected chi connectivity index (χ3v) is 3.97. The smallest absolute Gasteiger partial charge is 0.332 e. The number of carbonyl (C=O) groups is 1. The third-order valence-electron chi connectivity index (χ3n) is 3.97. The maximum Gasteiger partial charge on any atom is 0.332 e. The molecule has 2 aliphatic rings. The number of hydrogen-bond acceptors (Lipinski definition) is 4. The van der Waals surface area contributed by atoms with Crippen LogP contribution >= 0.6 is 0 Å². The minimum absolute atomic E-state index is 0.231. The van der Waals surface area contributed by atoms with Gasteiger partial charge in [0.15, 0.2) is 11.8 Å². The highest BCUT2D eigenvalue weighted by atomic mass is 16.5. The second kappa shape index (κ2) is 4.28. The summed E-state index contributed by atoms with van der Waals surface area (Å²) in [5.74, 6) is -0.0512. The lowest BCUT2D eigenvalue weighted by molar-refractivity contribution is -0.149. The van der Waals surface area contributed by atoms with Crippen LogP contribution in [0.1, 0.15) is 43.7 Å². The van der Waals surface area contributed by atoms with E-state index in [0.717, 1.165) is 29.8 Å². The largest absolute Gasteiger partial charge is 0.479 e.